The fourth-order valence-electron chi connectivity index (χ4n) is 1.10. The van der Waals surface area contributed by atoms with E-state index in [4.69, 9.17) is 16.3 Å². The van der Waals surface area contributed by atoms with E-state index in [-0.39, 0.29) is 23.4 Å². The molecule has 1 saturated heterocycles. The summed E-state index contributed by atoms with van der Waals surface area (Å²) < 4.78 is 9.50. The van der Waals surface area contributed by atoms with Crippen molar-refractivity contribution in [2.24, 2.45) is 0 Å². The highest BCUT2D eigenvalue weighted by Crippen LogP contribution is 2.23. The first-order valence-electron chi connectivity index (χ1n) is 4.41. The zero-order valence-electron chi connectivity index (χ0n) is 7.84. The van der Waals surface area contributed by atoms with Crippen LogP contribution in [0.2, 0.25) is 0 Å². The number of ether oxygens (including phenoxy) is 2. The maximum absolute atomic E-state index is 11.1. The predicted molar refractivity (Wildman–Crippen MR) is 49.5 cm³/mol. The van der Waals surface area contributed by atoms with Crippen molar-refractivity contribution >= 4 is 23.5 Å². The highest BCUT2D eigenvalue weighted by atomic mass is 35.5. The third-order valence-electron chi connectivity index (χ3n) is 1.72. The van der Waals surface area contributed by atoms with Gasteiger partial charge in [0.2, 0.25) is 0 Å². The molecule has 78 valence electrons. The maximum Gasteiger partial charge on any atom is 0.353 e. The lowest BCUT2D eigenvalue weighted by Gasteiger charge is -2.14. The van der Waals surface area contributed by atoms with Gasteiger partial charge >= 0.3 is 11.9 Å². The van der Waals surface area contributed by atoms with E-state index in [1.54, 1.807) is 6.92 Å². The molecule has 0 N–H and O–H groups in total. The van der Waals surface area contributed by atoms with Crippen molar-refractivity contribution < 1.29 is 19.1 Å². The van der Waals surface area contributed by atoms with Crippen LogP contribution in [0.15, 0.2) is 10.8 Å². The van der Waals surface area contributed by atoms with Crippen molar-refractivity contribution in [3.8, 4) is 0 Å². The van der Waals surface area contributed by atoms with Gasteiger partial charge in [0.25, 0.3) is 0 Å². The summed E-state index contributed by atoms with van der Waals surface area (Å²) in [6.07, 6.45) is 1.53. The van der Waals surface area contributed by atoms with Crippen LogP contribution in [0.4, 0.5) is 0 Å². The smallest absolute Gasteiger partial charge is 0.353 e. The number of esters is 2. The molecule has 1 fully saturated rings. The van der Waals surface area contributed by atoms with Crippen molar-refractivity contribution in [3.05, 3.63) is 10.8 Å². The third-order valence-corrected chi connectivity index (χ3v) is 2.09. The largest absolute Gasteiger partial charge is 0.462 e. The number of carbonyl (C=O) groups excluding carboxylic acids is 2. The van der Waals surface area contributed by atoms with Gasteiger partial charge in [-0.2, -0.15) is 0 Å². The summed E-state index contributed by atoms with van der Waals surface area (Å²) in [7, 11) is 0. The van der Waals surface area contributed by atoms with Gasteiger partial charge in [-0.05, 0) is 13.3 Å². The summed E-state index contributed by atoms with van der Waals surface area (Å²) >= 11 is 5.68. The molecule has 0 aromatic carbocycles. The number of allylic oxidation sites excluding steroid dienone is 1. The Labute approximate surface area is 86.8 Å². The van der Waals surface area contributed by atoms with Crippen LogP contribution in [0.5, 0.6) is 0 Å². The molecule has 1 aliphatic rings. The highest BCUT2D eigenvalue weighted by Gasteiger charge is 2.22. The van der Waals surface area contributed by atoms with Gasteiger partial charge < -0.3 is 9.47 Å². The fraction of sp³-hybridized carbons (Fsp3) is 0.556. The molecule has 0 aromatic rings. The third kappa shape index (κ3) is 2.73. The molecule has 0 spiro atoms. The minimum Gasteiger partial charge on any atom is -0.462 e. The van der Waals surface area contributed by atoms with E-state index < -0.39 is 5.97 Å². The minimum atomic E-state index is -0.640. The highest BCUT2D eigenvalue weighted by molar-refractivity contribution is 6.41. The fourth-order valence-corrected chi connectivity index (χ4v) is 1.28. The average molecular weight is 219 g/mol. The summed E-state index contributed by atoms with van der Waals surface area (Å²) in [4.78, 5) is 22.0. The number of cyclic esters (lactones) is 1. The average Bonchev–Trinajstić information content (AvgIpc) is 2.17. The number of carbonyl (C=O) groups is 2. The quantitative estimate of drug-likeness (QED) is 0.523. The predicted octanol–water partition coefficient (Wildman–Crippen LogP) is 1.73. The molecule has 5 heteroatoms. The van der Waals surface area contributed by atoms with E-state index >= 15 is 0 Å². The van der Waals surface area contributed by atoms with Gasteiger partial charge in [-0.1, -0.05) is 11.6 Å². The van der Waals surface area contributed by atoms with Gasteiger partial charge in [-0.3, -0.25) is 4.79 Å². The number of hydrogen-bond acceptors (Lipinski definition) is 4. The molecule has 1 heterocycles. The second-order valence-corrected chi connectivity index (χ2v) is 3.16. The Morgan fingerprint density at radius 1 is 1.57 bits per heavy atom. The molecule has 14 heavy (non-hydrogen) atoms. The van der Waals surface area contributed by atoms with Crippen LogP contribution >= 0.6 is 11.6 Å². The molecule has 0 atom stereocenters. The van der Waals surface area contributed by atoms with Crippen LogP contribution in [0.3, 0.4) is 0 Å². The monoisotopic (exact) mass is 218 g/mol. The van der Waals surface area contributed by atoms with Crippen molar-refractivity contribution in [2.75, 3.05) is 6.61 Å². The normalized spacial score (nSPS) is 20.0. The summed E-state index contributed by atoms with van der Waals surface area (Å²) in [5.41, 5.74) is 0. The standard InChI is InChI=1S/C9H11ClO4/c1-2-13-9(12)8(10)6-4-3-5-7(11)14-6/h2-5H2,1H3/b8-6+. The van der Waals surface area contributed by atoms with Gasteiger partial charge in [0, 0.05) is 12.8 Å². The molecular weight excluding hydrogens is 208 g/mol. The first kappa shape index (κ1) is 11.0. The lowest BCUT2D eigenvalue weighted by Crippen LogP contribution is -2.15. The molecule has 0 radical (unpaired) electrons. The molecule has 4 nitrogen and oxygen atoms in total. The molecule has 0 aliphatic carbocycles. The Bertz CT molecular complexity index is 283. The van der Waals surface area contributed by atoms with E-state index in [9.17, 15) is 9.59 Å². The van der Waals surface area contributed by atoms with Crippen LogP contribution in [0.25, 0.3) is 0 Å². The summed E-state index contributed by atoms with van der Waals surface area (Å²) in [6.45, 7) is 1.93. The molecule has 0 saturated carbocycles. The van der Waals surface area contributed by atoms with Crippen LogP contribution in [-0.4, -0.2) is 18.5 Å². The lowest BCUT2D eigenvalue weighted by atomic mass is 10.1. The Balaban J connectivity index is 2.71. The van der Waals surface area contributed by atoms with E-state index in [1.165, 1.54) is 0 Å². The van der Waals surface area contributed by atoms with Gasteiger partial charge in [-0.25, -0.2) is 4.79 Å². The summed E-state index contributed by atoms with van der Waals surface area (Å²) in [5.74, 6) is -0.770. The van der Waals surface area contributed by atoms with Gasteiger partial charge in [-0.15, -0.1) is 0 Å². The first-order valence-corrected chi connectivity index (χ1v) is 4.79. The summed E-state index contributed by atoms with van der Waals surface area (Å²) in [6, 6.07) is 0. The van der Waals surface area contributed by atoms with E-state index in [0.717, 1.165) is 0 Å². The first-order chi connectivity index (χ1) is 6.65. The second kappa shape index (κ2) is 5.00. The Hall–Kier alpha value is -1.03. The summed E-state index contributed by atoms with van der Waals surface area (Å²) in [5, 5.41) is -0.125. The van der Waals surface area contributed by atoms with Crippen LogP contribution in [0, 0.1) is 0 Å². The molecule has 0 amide bonds. The SMILES string of the molecule is CCOC(=O)/C(Cl)=C1/CCCC(=O)O1. The minimum absolute atomic E-state index is 0.125. The Kier molecular flexibility index (Phi) is 3.95. The van der Waals surface area contributed by atoms with E-state index in [0.29, 0.717) is 19.3 Å². The zero-order chi connectivity index (χ0) is 10.6. The van der Waals surface area contributed by atoms with Crippen molar-refractivity contribution in [2.45, 2.75) is 26.2 Å². The number of rotatable bonds is 2. The zero-order valence-corrected chi connectivity index (χ0v) is 8.60. The number of halogens is 1. The lowest BCUT2D eigenvalue weighted by molar-refractivity contribution is -0.142. The molecule has 1 aliphatic heterocycles. The van der Waals surface area contributed by atoms with Crippen LogP contribution in [0.1, 0.15) is 26.2 Å². The van der Waals surface area contributed by atoms with E-state index in [1.807, 2.05) is 0 Å². The molecule has 1 rings (SSSR count). The Morgan fingerprint density at radius 3 is 2.86 bits per heavy atom. The van der Waals surface area contributed by atoms with Gasteiger partial charge in [0.1, 0.15) is 5.76 Å². The topological polar surface area (TPSA) is 52.6 Å². The maximum atomic E-state index is 11.1. The van der Waals surface area contributed by atoms with Crippen LogP contribution in [-0.2, 0) is 19.1 Å². The van der Waals surface area contributed by atoms with Gasteiger partial charge in [0.15, 0.2) is 5.03 Å². The van der Waals surface area contributed by atoms with Crippen LogP contribution < -0.4 is 0 Å². The van der Waals surface area contributed by atoms with Crippen molar-refractivity contribution in [3.63, 3.8) is 0 Å². The molecule has 0 aromatic heterocycles. The Morgan fingerprint density at radius 2 is 2.29 bits per heavy atom. The molecule has 0 unspecified atom stereocenters. The molecule has 0 bridgehead atoms. The molecular formula is C9H11ClO4. The number of hydrogen-bond donors (Lipinski definition) is 0. The van der Waals surface area contributed by atoms with Gasteiger partial charge in [0.05, 0.1) is 6.61 Å². The van der Waals surface area contributed by atoms with Crippen molar-refractivity contribution in [1.29, 1.82) is 0 Å². The van der Waals surface area contributed by atoms with E-state index in [2.05, 4.69) is 4.74 Å². The second-order valence-electron chi connectivity index (χ2n) is 2.79. The van der Waals surface area contributed by atoms with Crippen molar-refractivity contribution in [1.82, 2.24) is 0 Å².